The van der Waals surface area contributed by atoms with Gasteiger partial charge in [-0.3, -0.25) is 4.68 Å². The summed E-state index contributed by atoms with van der Waals surface area (Å²) in [6, 6.07) is 1.63. The molecule has 0 aliphatic heterocycles. The fourth-order valence-corrected chi connectivity index (χ4v) is 1.85. The van der Waals surface area contributed by atoms with Gasteiger partial charge in [-0.2, -0.15) is 5.10 Å². The number of hydrogen-bond acceptors (Lipinski definition) is 5. The van der Waals surface area contributed by atoms with Crippen LogP contribution in [0.15, 0.2) is 24.8 Å². The molecule has 6 nitrogen and oxygen atoms in total. The van der Waals surface area contributed by atoms with Gasteiger partial charge in [0.2, 0.25) is 0 Å². The summed E-state index contributed by atoms with van der Waals surface area (Å²) in [5.41, 5.74) is 0.985. The summed E-state index contributed by atoms with van der Waals surface area (Å²) >= 11 is 6.04. The van der Waals surface area contributed by atoms with E-state index in [1.54, 1.807) is 24.1 Å². The maximum atomic E-state index is 10.3. The number of halogens is 1. The molecular weight excluding hydrogens is 256 g/mol. The minimum atomic E-state index is -0.931. The molecule has 0 radical (unpaired) electrons. The molecule has 96 valence electrons. The minimum absolute atomic E-state index is 0.400. The number of nitrogens with zero attached hydrogens (tertiary/aromatic N) is 4. The van der Waals surface area contributed by atoms with E-state index in [1.165, 1.54) is 12.5 Å². The van der Waals surface area contributed by atoms with Gasteiger partial charge in [0.05, 0.1) is 35.8 Å². The first kappa shape index (κ1) is 12.9. The molecule has 2 rings (SSSR count). The Balaban J connectivity index is 2.29. The first-order valence-electron chi connectivity index (χ1n) is 5.38. The zero-order valence-electron chi connectivity index (χ0n) is 9.82. The van der Waals surface area contributed by atoms with E-state index in [1.807, 2.05) is 0 Å². The second kappa shape index (κ2) is 5.90. The molecule has 0 spiro atoms. The van der Waals surface area contributed by atoms with Crippen molar-refractivity contribution >= 4 is 11.6 Å². The smallest absolute Gasteiger partial charge is 0.139 e. The highest BCUT2D eigenvalue weighted by molar-refractivity contribution is 6.31. The molecule has 2 aromatic rings. The third-order valence-corrected chi connectivity index (χ3v) is 2.78. The fourth-order valence-electron chi connectivity index (χ4n) is 1.60. The quantitative estimate of drug-likeness (QED) is 0.878. The number of aliphatic hydroxyl groups is 1. The van der Waals surface area contributed by atoms with E-state index in [2.05, 4.69) is 15.1 Å². The van der Waals surface area contributed by atoms with Crippen LogP contribution in [0.3, 0.4) is 0 Å². The van der Waals surface area contributed by atoms with Crippen LogP contribution >= 0.6 is 11.6 Å². The molecule has 0 bridgehead atoms. The van der Waals surface area contributed by atoms with Gasteiger partial charge in [0.25, 0.3) is 0 Å². The van der Waals surface area contributed by atoms with Crippen molar-refractivity contribution in [3.63, 3.8) is 0 Å². The molecular formula is C11H13ClN4O2. The van der Waals surface area contributed by atoms with Crippen molar-refractivity contribution in [3.05, 3.63) is 41.2 Å². The Labute approximate surface area is 109 Å². The summed E-state index contributed by atoms with van der Waals surface area (Å²) < 4.78 is 6.59. The Bertz CT molecular complexity index is 503. The Morgan fingerprint density at radius 2 is 2.39 bits per heavy atom. The van der Waals surface area contributed by atoms with Crippen LogP contribution in [0.25, 0.3) is 0 Å². The average molecular weight is 269 g/mol. The number of rotatable bonds is 5. The molecule has 18 heavy (non-hydrogen) atoms. The molecule has 1 unspecified atom stereocenters. The van der Waals surface area contributed by atoms with Gasteiger partial charge in [0.15, 0.2) is 0 Å². The lowest BCUT2D eigenvalue weighted by Crippen LogP contribution is -2.14. The zero-order valence-corrected chi connectivity index (χ0v) is 10.6. The molecule has 0 aliphatic rings. The van der Waals surface area contributed by atoms with E-state index in [0.29, 0.717) is 29.6 Å². The van der Waals surface area contributed by atoms with E-state index in [-0.39, 0.29) is 0 Å². The van der Waals surface area contributed by atoms with Gasteiger partial charge in [0, 0.05) is 13.3 Å². The topological polar surface area (TPSA) is 73.1 Å². The number of ether oxygens (including phenoxy) is 1. The van der Waals surface area contributed by atoms with Gasteiger partial charge in [-0.1, -0.05) is 11.6 Å². The van der Waals surface area contributed by atoms with Crippen LogP contribution < -0.4 is 0 Å². The summed E-state index contributed by atoms with van der Waals surface area (Å²) in [6.45, 7) is 1.00. The van der Waals surface area contributed by atoms with Crippen molar-refractivity contribution in [1.29, 1.82) is 0 Å². The lowest BCUT2D eigenvalue weighted by Gasteiger charge is -2.13. The minimum Gasteiger partial charge on any atom is -0.383 e. The molecule has 0 amide bonds. The highest BCUT2D eigenvalue weighted by atomic mass is 35.5. The first-order chi connectivity index (χ1) is 8.74. The predicted octanol–water partition coefficient (Wildman–Crippen LogP) is 1.05. The highest BCUT2D eigenvalue weighted by Gasteiger charge is 2.20. The van der Waals surface area contributed by atoms with Gasteiger partial charge < -0.3 is 9.84 Å². The molecule has 0 saturated carbocycles. The van der Waals surface area contributed by atoms with Crippen LogP contribution in [0.4, 0.5) is 0 Å². The van der Waals surface area contributed by atoms with Crippen LogP contribution in [0.2, 0.25) is 5.02 Å². The molecule has 2 heterocycles. The van der Waals surface area contributed by atoms with Gasteiger partial charge in [0.1, 0.15) is 12.4 Å². The van der Waals surface area contributed by atoms with Crippen LogP contribution in [0.1, 0.15) is 17.5 Å². The van der Waals surface area contributed by atoms with Crippen molar-refractivity contribution < 1.29 is 9.84 Å². The lowest BCUT2D eigenvalue weighted by atomic mass is 10.2. The van der Waals surface area contributed by atoms with Crippen molar-refractivity contribution in [1.82, 2.24) is 19.7 Å². The normalized spacial score (nSPS) is 12.6. The van der Waals surface area contributed by atoms with E-state index in [0.717, 1.165) is 0 Å². The van der Waals surface area contributed by atoms with Gasteiger partial charge in [-0.15, -0.1) is 0 Å². The number of aliphatic hydroxyl groups excluding tert-OH is 1. The average Bonchev–Trinajstić information content (AvgIpc) is 2.77. The molecule has 0 saturated heterocycles. The molecule has 7 heteroatoms. The second-order valence-electron chi connectivity index (χ2n) is 3.63. The van der Waals surface area contributed by atoms with E-state index < -0.39 is 6.10 Å². The maximum Gasteiger partial charge on any atom is 0.139 e. The van der Waals surface area contributed by atoms with Gasteiger partial charge >= 0.3 is 0 Å². The lowest BCUT2D eigenvalue weighted by molar-refractivity contribution is 0.170. The van der Waals surface area contributed by atoms with Crippen molar-refractivity contribution in [2.24, 2.45) is 0 Å². The maximum absolute atomic E-state index is 10.3. The Kier molecular flexibility index (Phi) is 4.24. The number of hydrogen-bond donors (Lipinski definition) is 1. The Morgan fingerprint density at radius 1 is 1.56 bits per heavy atom. The largest absolute Gasteiger partial charge is 0.383 e. The van der Waals surface area contributed by atoms with Crippen LogP contribution in [0, 0.1) is 0 Å². The third-order valence-electron chi connectivity index (χ3n) is 2.48. The van der Waals surface area contributed by atoms with Gasteiger partial charge in [-0.05, 0) is 6.07 Å². The molecule has 0 aliphatic carbocycles. The summed E-state index contributed by atoms with van der Waals surface area (Å²) in [7, 11) is 1.60. The number of methoxy groups -OCH3 is 1. The summed E-state index contributed by atoms with van der Waals surface area (Å²) in [6.07, 6.45) is 3.51. The van der Waals surface area contributed by atoms with Crippen LogP contribution in [-0.4, -0.2) is 38.6 Å². The fraction of sp³-hybridized carbons (Fsp3) is 0.364. The first-order valence-corrected chi connectivity index (χ1v) is 5.76. The van der Waals surface area contributed by atoms with Crippen molar-refractivity contribution in [2.75, 3.05) is 13.7 Å². The molecule has 2 aromatic heterocycles. The second-order valence-corrected chi connectivity index (χ2v) is 4.04. The van der Waals surface area contributed by atoms with Gasteiger partial charge in [-0.25, -0.2) is 9.97 Å². The highest BCUT2D eigenvalue weighted by Crippen LogP contribution is 2.26. The molecule has 1 N–H and O–H groups in total. The standard InChI is InChI=1S/C11H13ClN4O2/c1-18-5-4-16-10(8(12)6-15-16)11(17)9-2-3-13-7-14-9/h2-3,6-7,11,17H,4-5H2,1H3. The Hall–Kier alpha value is -1.50. The third kappa shape index (κ3) is 2.66. The SMILES string of the molecule is COCCn1ncc(Cl)c1C(O)c1ccncn1. The summed E-state index contributed by atoms with van der Waals surface area (Å²) in [4.78, 5) is 7.81. The molecule has 0 aromatic carbocycles. The van der Waals surface area contributed by atoms with E-state index in [4.69, 9.17) is 16.3 Å². The van der Waals surface area contributed by atoms with E-state index >= 15 is 0 Å². The predicted molar refractivity (Wildman–Crippen MR) is 65.2 cm³/mol. The van der Waals surface area contributed by atoms with Crippen molar-refractivity contribution in [2.45, 2.75) is 12.6 Å². The molecule has 0 fully saturated rings. The van der Waals surface area contributed by atoms with Crippen molar-refractivity contribution in [3.8, 4) is 0 Å². The van der Waals surface area contributed by atoms with Crippen LogP contribution in [-0.2, 0) is 11.3 Å². The Morgan fingerprint density at radius 3 is 3.06 bits per heavy atom. The summed E-state index contributed by atoms with van der Waals surface area (Å²) in [5, 5.41) is 14.8. The summed E-state index contributed by atoms with van der Waals surface area (Å²) in [5.74, 6) is 0. The number of aromatic nitrogens is 4. The molecule has 1 atom stereocenters. The zero-order chi connectivity index (χ0) is 13.0. The van der Waals surface area contributed by atoms with E-state index in [9.17, 15) is 5.11 Å². The van der Waals surface area contributed by atoms with Crippen LogP contribution in [0.5, 0.6) is 0 Å². The monoisotopic (exact) mass is 268 g/mol.